The third-order valence-electron chi connectivity index (χ3n) is 2.51. The third-order valence-corrected chi connectivity index (χ3v) is 4.88. The normalized spacial score (nSPS) is 15.3. The van der Waals surface area contributed by atoms with Crippen molar-refractivity contribution in [2.24, 2.45) is 0 Å². The maximum absolute atomic E-state index is 12.0. The Labute approximate surface area is 121 Å². The summed E-state index contributed by atoms with van der Waals surface area (Å²) in [5.74, 6) is 0.801. The second kappa shape index (κ2) is 6.28. The minimum Gasteiger partial charge on any atom is -0.598 e. The molecule has 0 aromatic heterocycles. The van der Waals surface area contributed by atoms with Crippen LogP contribution in [0.15, 0.2) is 22.7 Å². The van der Waals surface area contributed by atoms with Gasteiger partial charge in [-0.15, -0.1) is 4.72 Å². The lowest BCUT2D eigenvalue weighted by atomic mass is 10.1. The van der Waals surface area contributed by atoms with E-state index in [1.165, 1.54) is 0 Å². The van der Waals surface area contributed by atoms with Gasteiger partial charge in [-0.25, -0.2) is 0 Å². The quantitative estimate of drug-likeness (QED) is 0.856. The average molecular weight is 334 g/mol. The van der Waals surface area contributed by atoms with Crippen molar-refractivity contribution in [1.29, 1.82) is 0 Å². The van der Waals surface area contributed by atoms with Gasteiger partial charge in [-0.1, -0.05) is 22.0 Å². The summed E-state index contributed by atoms with van der Waals surface area (Å²) in [6.07, 6.45) is 0. The monoisotopic (exact) mass is 333 g/mol. The van der Waals surface area contributed by atoms with Gasteiger partial charge >= 0.3 is 0 Å². The fourth-order valence-corrected chi connectivity index (χ4v) is 2.89. The number of nitrogens with one attached hydrogen (secondary N) is 1. The lowest BCUT2D eigenvalue weighted by Gasteiger charge is -2.27. The topological polar surface area (TPSA) is 44.3 Å². The fourth-order valence-electron chi connectivity index (χ4n) is 1.39. The van der Waals surface area contributed by atoms with E-state index in [0.717, 1.165) is 15.8 Å². The SMILES string of the molecule is COc1ccc([C@H](C)N[S@@+]([O-])C(C)(C)C)c(Br)c1. The number of halogens is 1. The Kier molecular flexibility index (Phi) is 5.52. The van der Waals surface area contributed by atoms with Crippen LogP contribution in [0.1, 0.15) is 39.3 Å². The van der Waals surface area contributed by atoms with Gasteiger partial charge in [-0.2, -0.15) is 0 Å². The fraction of sp³-hybridized carbons (Fsp3) is 0.538. The molecule has 0 fully saturated rings. The second-order valence-corrected chi connectivity index (χ2v) is 7.96. The van der Waals surface area contributed by atoms with E-state index >= 15 is 0 Å². The third kappa shape index (κ3) is 4.16. The standard InChI is InChI=1S/C13H20BrNO2S/c1-9(15-18(16)13(2,3)4)11-7-6-10(17-5)8-12(11)14/h6-9,15H,1-5H3/t9-,18-/m0/s1. The molecule has 1 aromatic carbocycles. The number of benzene rings is 1. The first-order valence-electron chi connectivity index (χ1n) is 5.77. The predicted molar refractivity (Wildman–Crippen MR) is 80.1 cm³/mol. The van der Waals surface area contributed by atoms with E-state index in [0.29, 0.717) is 0 Å². The molecule has 0 radical (unpaired) electrons. The van der Waals surface area contributed by atoms with Crippen molar-refractivity contribution in [3.8, 4) is 5.75 Å². The Morgan fingerprint density at radius 3 is 2.44 bits per heavy atom. The van der Waals surface area contributed by atoms with E-state index in [9.17, 15) is 4.55 Å². The van der Waals surface area contributed by atoms with Crippen LogP contribution in [0.5, 0.6) is 5.75 Å². The van der Waals surface area contributed by atoms with Gasteiger partial charge in [-0.3, -0.25) is 0 Å². The van der Waals surface area contributed by atoms with Gasteiger partial charge in [0.25, 0.3) is 0 Å². The molecule has 1 N–H and O–H groups in total. The molecule has 2 atom stereocenters. The Morgan fingerprint density at radius 1 is 1.39 bits per heavy atom. The molecule has 3 nitrogen and oxygen atoms in total. The van der Waals surface area contributed by atoms with Crippen molar-refractivity contribution in [2.75, 3.05) is 7.11 Å². The summed E-state index contributed by atoms with van der Waals surface area (Å²) >= 11 is 2.42. The smallest absolute Gasteiger partial charge is 0.136 e. The Hall–Kier alpha value is -0.230. The number of hydrogen-bond donors (Lipinski definition) is 1. The first-order chi connectivity index (χ1) is 8.25. The van der Waals surface area contributed by atoms with Gasteiger partial charge in [0.1, 0.15) is 10.5 Å². The Morgan fingerprint density at radius 2 is 2.00 bits per heavy atom. The molecular formula is C13H20BrNO2S. The molecule has 0 aliphatic rings. The van der Waals surface area contributed by atoms with E-state index in [1.807, 2.05) is 45.9 Å². The summed E-state index contributed by atoms with van der Waals surface area (Å²) < 4.78 is 21.0. The molecule has 5 heteroatoms. The van der Waals surface area contributed by atoms with Crippen molar-refractivity contribution in [1.82, 2.24) is 4.72 Å². The number of hydrogen-bond acceptors (Lipinski definition) is 3. The highest BCUT2D eigenvalue weighted by Crippen LogP contribution is 2.29. The molecule has 0 saturated heterocycles. The summed E-state index contributed by atoms with van der Waals surface area (Å²) in [6.45, 7) is 7.85. The van der Waals surface area contributed by atoms with Crippen LogP contribution in [0.25, 0.3) is 0 Å². The van der Waals surface area contributed by atoms with Crippen LogP contribution in [0.2, 0.25) is 0 Å². The molecule has 0 aliphatic heterocycles. The lowest BCUT2D eigenvalue weighted by molar-refractivity contribution is 0.414. The molecule has 18 heavy (non-hydrogen) atoms. The molecule has 0 heterocycles. The summed E-state index contributed by atoms with van der Waals surface area (Å²) in [5.41, 5.74) is 1.06. The van der Waals surface area contributed by atoms with E-state index in [1.54, 1.807) is 7.11 Å². The van der Waals surface area contributed by atoms with Gasteiger partial charge in [-0.05, 0) is 45.4 Å². The molecule has 0 amide bonds. The van der Waals surface area contributed by atoms with Crippen molar-refractivity contribution in [3.63, 3.8) is 0 Å². The van der Waals surface area contributed by atoms with Crippen LogP contribution >= 0.6 is 15.9 Å². The molecule has 0 bridgehead atoms. The largest absolute Gasteiger partial charge is 0.598 e. The maximum Gasteiger partial charge on any atom is 0.136 e. The molecule has 1 rings (SSSR count). The molecule has 0 unspecified atom stereocenters. The van der Waals surface area contributed by atoms with Crippen LogP contribution in [-0.4, -0.2) is 16.4 Å². The van der Waals surface area contributed by atoms with Crippen molar-refractivity contribution >= 4 is 27.3 Å². The van der Waals surface area contributed by atoms with Crippen LogP contribution in [0.4, 0.5) is 0 Å². The molecule has 0 spiro atoms. The van der Waals surface area contributed by atoms with E-state index < -0.39 is 11.4 Å². The zero-order valence-corrected chi connectivity index (χ0v) is 13.8. The predicted octanol–water partition coefficient (Wildman–Crippen LogP) is 3.57. The van der Waals surface area contributed by atoms with Gasteiger partial charge in [0.15, 0.2) is 0 Å². The van der Waals surface area contributed by atoms with E-state index in [4.69, 9.17) is 4.74 Å². The van der Waals surface area contributed by atoms with Crippen LogP contribution in [0, 0.1) is 0 Å². The van der Waals surface area contributed by atoms with Crippen molar-refractivity contribution in [3.05, 3.63) is 28.2 Å². The molecule has 0 saturated carbocycles. The van der Waals surface area contributed by atoms with E-state index in [2.05, 4.69) is 20.7 Å². The maximum atomic E-state index is 12.0. The number of methoxy groups -OCH3 is 1. The molecule has 0 aliphatic carbocycles. The molecule has 102 valence electrons. The average Bonchev–Trinajstić information content (AvgIpc) is 2.27. The van der Waals surface area contributed by atoms with Gasteiger partial charge in [0.2, 0.25) is 0 Å². The van der Waals surface area contributed by atoms with Crippen molar-refractivity contribution in [2.45, 2.75) is 38.5 Å². The lowest BCUT2D eigenvalue weighted by Crippen LogP contribution is -2.40. The first kappa shape index (κ1) is 15.8. The number of ether oxygens (including phenoxy) is 1. The minimum atomic E-state index is -1.09. The summed E-state index contributed by atoms with van der Waals surface area (Å²) in [5, 5.41) is 0. The highest BCUT2D eigenvalue weighted by Gasteiger charge is 2.28. The minimum absolute atomic E-state index is 0.00494. The van der Waals surface area contributed by atoms with Gasteiger partial charge in [0.05, 0.1) is 13.2 Å². The first-order valence-corrected chi connectivity index (χ1v) is 7.71. The zero-order chi connectivity index (χ0) is 13.9. The highest BCUT2D eigenvalue weighted by molar-refractivity contribution is 9.10. The Bertz CT molecular complexity index is 406. The molecule has 1 aromatic rings. The van der Waals surface area contributed by atoms with Gasteiger partial charge < -0.3 is 9.29 Å². The second-order valence-electron chi connectivity index (χ2n) is 5.11. The molecular weight excluding hydrogens is 314 g/mol. The van der Waals surface area contributed by atoms with Crippen molar-refractivity contribution < 1.29 is 9.29 Å². The highest BCUT2D eigenvalue weighted by atomic mass is 79.9. The number of rotatable bonds is 4. The van der Waals surface area contributed by atoms with Crippen LogP contribution < -0.4 is 9.46 Å². The Balaban J connectivity index is 2.81. The van der Waals surface area contributed by atoms with Crippen LogP contribution in [-0.2, 0) is 11.4 Å². The van der Waals surface area contributed by atoms with Crippen LogP contribution in [0.3, 0.4) is 0 Å². The summed E-state index contributed by atoms with van der Waals surface area (Å²) in [6, 6.07) is 5.79. The zero-order valence-electron chi connectivity index (χ0n) is 11.4. The van der Waals surface area contributed by atoms with Gasteiger partial charge in [0, 0.05) is 15.8 Å². The van der Waals surface area contributed by atoms with E-state index in [-0.39, 0.29) is 10.8 Å². The summed E-state index contributed by atoms with van der Waals surface area (Å²) in [4.78, 5) is 0. The summed E-state index contributed by atoms with van der Waals surface area (Å²) in [7, 11) is 1.64.